The second kappa shape index (κ2) is 9.67. The fraction of sp³-hybridized carbons (Fsp3) is 0.318. The number of ketones is 1. The lowest BCUT2D eigenvalue weighted by Gasteiger charge is -2.13. The summed E-state index contributed by atoms with van der Waals surface area (Å²) < 4.78 is 5.11. The number of ether oxygens (including phenoxy) is 1. The third-order valence-electron chi connectivity index (χ3n) is 4.17. The molecule has 1 unspecified atom stereocenters. The number of nitrogens with one attached hydrogen (secondary N) is 1. The molecule has 0 heterocycles. The largest absolute Gasteiger partial charge is 0.452 e. The first-order valence-electron chi connectivity index (χ1n) is 9.09. The number of esters is 1. The number of carbonyl (C=O) groups is 3. The van der Waals surface area contributed by atoms with E-state index in [1.165, 1.54) is 6.07 Å². The summed E-state index contributed by atoms with van der Waals surface area (Å²) in [5.74, 6) is -1.31. The minimum absolute atomic E-state index is 0.0246. The Morgan fingerprint density at radius 2 is 1.63 bits per heavy atom. The summed E-state index contributed by atoms with van der Waals surface area (Å²) in [6.07, 6.45) is 1.81. The van der Waals surface area contributed by atoms with Crippen LogP contribution in [-0.4, -0.2) is 30.3 Å². The summed E-state index contributed by atoms with van der Waals surface area (Å²) in [6.45, 7) is 5.50. The molecule has 1 atom stereocenters. The molecule has 0 aliphatic rings. The molecular formula is C22H25NO4. The van der Waals surface area contributed by atoms with Crippen molar-refractivity contribution in [3.63, 3.8) is 0 Å². The van der Waals surface area contributed by atoms with Crippen molar-refractivity contribution in [1.29, 1.82) is 0 Å². The molecule has 142 valence electrons. The van der Waals surface area contributed by atoms with Crippen LogP contribution in [0.1, 0.15) is 58.5 Å². The van der Waals surface area contributed by atoms with Crippen LogP contribution in [0.4, 0.5) is 0 Å². The molecule has 5 heteroatoms. The van der Waals surface area contributed by atoms with E-state index in [9.17, 15) is 14.4 Å². The second-order valence-corrected chi connectivity index (χ2v) is 6.57. The molecule has 0 spiro atoms. The molecule has 0 aliphatic carbocycles. The van der Waals surface area contributed by atoms with E-state index in [0.717, 1.165) is 18.4 Å². The quantitative estimate of drug-likeness (QED) is 0.570. The van der Waals surface area contributed by atoms with E-state index >= 15 is 0 Å². The SMILES string of the molecule is CCCC(C)NC(=O)COC(=O)c1ccccc1C(=O)c1ccc(C)cc1. The summed E-state index contributed by atoms with van der Waals surface area (Å²) in [4.78, 5) is 37.0. The van der Waals surface area contributed by atoms with E-state index in [1.807, 2.05) is 32.9 Å². The standard InChI is InChI=1S/C22H25NO4/c1-4-7-16(3)23-20(24)14-27-22(26)19-9-6-5-8-18(19)21(25)17-12-10-15(2)11-13-17/h5-6,8-13,16H,4,7,14H2,1-3H3,(H,23,24). The van der Waals surface area contributed by atoms with E-state index < -0.39 is 5.97 Å². The molecule has 0 radical (unpaired) electrons. The Morgan fingerprint density at radius 1 is 1.00 bits per heavy atom. The van der Waals surface area contributed by atoms with Crippen LogP contribution in [0.5, 0.6) is 0 Å². The maximum Gasteiger partial charge on any atom is 0.339 e. The van der Waals surface area contributed by atoms with Crippen LogP contribution < -0.4 is 5.32 Å². The highest BCUT2D eigenvalue weighted by Gasteiger charge is 2.20. The van der Waals surface area contributed by atoms with E-state index in [1.54, 1.807) is 30.3 Å². The lowest BCUT2D eigenvalue weighted by molar-refractivity contribution is -0.124. The predicted octanol–water partition coefficient (Wildman–Crippen LogP) is 3.69. The van der Waals surface area contributed by atoms with Crippen LogP contribution in [0, 0.1) is 6.92 Å². The molecule has 27 heavy (non-hydrogen) atoms. The number of amides is 1. The normalized spacial score (nSPS) is 11.5. The summed E-state index contributed by atoms with van der Waals surface area (Å²) in [7, 11) is 0. The van der Waals surface area contributed by atoms with Crippen molar-refractivity contribution in [3.05, 3.63) is 70.8 Å². The van der Waals surface area contributed by atoms with Crippen LogP contribution in [0.15, 0.2) is 48.5 Å². The van der Waals surface area contributed by atoms with Gasteiger partial charge in [-0.2, -0.15) is 0 Å². The van der Waals surface area contributed by atoms with Crippen LogP contribution in [-0.2, 0) is 9.53 Å². The molecule has 0 saturated carbocycles. The van der Waals surface area contributed by atoms with Gasteiger partial charge in [0.2, 0.25) is 0 Å². The number of aryl methyl sites for hydroxylation is 1. The Labute approximate surface area is 159 Å². The first kappa shape index (κ1) is 20.4. The van der Waals surface area contributed by atoms with E-state index in [-0.39, 0.29) is 35.5 Å². The van der Waals surface area contributed by atoms with Gasteiger partial charge in [-0.1, -0.05) is 61.4 Å². The lowest BCUT2D eigenvalue weighted by Crippen LogP contribution is -2.35. The highest BCUT2D eigenvalue weighted by atomic mass is 16.5. The van der Waals surface area contributed by atoms with Gasteiger partial charge in [0.1, 0.15) is 0 Å². The molecule has 0 bridgehead atoms. The minimum atomic E-state index is -0.690. The average Bonchev–Trinajstić information content (AvgIpc) is 2.66. The van der Waals surface area contributed by atoms with Gasteiger partial charge in [-0.3, -0.25) is 9.59 Å². The molecule has 2 aromatic rings. The van der Waals surface area contributed by atoms with Gasteiger partial charge in [0.05, 0.1) is 5.56 Å². The van der Waals surface area contributed by atoms with Gasteiger partial charge in [0.15, 0.2) is 12.4 Å². The van der Waals surface area contributed by atoms with Crippen molar-refractivity contribution in [1.82, 2.24) is 5.32 Å². The van der Waals surface area contributed by atoms with Gasteiger partial charge in [0, 0.05) is 17.2 Å². The van der Waals surface area contributed by atoms with Crippen molar-refractivity contribution < 1.29 is 19.1 Å². The fourth-order valence-corrected chi connectivity index (χ4v) is 2.75. The van der Waals surface area contributed by atoms with Gasteiger partial charge in [0.25, 0.3) is 5.91 Å². The molecule has 0 fully saturated rings. The van der Waals surface area contributed by atoms with Gasteiger partial charge in [-0.15, -0.1) is 0 Å². The third kappa shape index (κ3) is 5.78. The molecule has 0 aliphatic heterocycles. The van der Waals surface area contributed by atoms with Gasteiger partial charge in [-0.25, -0.2) is 4.79 Å². The second-order valence-electron chi connectivity index (χ2n) is 6.57. The summed E-state index contributed by atoms with van der Waals surface area (Å²) in [5, 5.41) is 2.77. The van der Waals surface area contributed by atoms with Crippen LogP contribution >= 0.6 is 0 Å². The summed E-state index contributed by atoms with van der Waals surface area (Å²) in [5.41, 5.74) is 1.94. The first-order chi connectivity index (χ1) is 12.9. The minimum Gasteiger partial charge on any atom is -0.452 e. The number of rotatable bonds is 8. The van der Waals surface area contributed by atoms with E-state index in [0.29, 0.717) is 5.56 Å². The number of hydrogen-bond donors (Lipinski definition) is 1. The molecular weight excluding hydrogens is 342 g/mol. The van der Waals surface area contributed by atoms with Crippen molar-refractivity contribution in [2.45, 2.75) is 39.7 Å². The van der Waals surface area contributed by atoms with Crippen molar-refractivity contribution in [2.75, 3.05) is 6.61 Å². The Balaban J connectivity index is 2.08. The monoisotopic (exact) mass is 367 g/mol. The van der Waals surface area contributed by atoms with Gasteiger partial charge >= 0.3 is 5.97 Å². The smallest absolute Gasteiger partial charge is 0.339 e. The molecule has 1 amide bonds. The van der Waals surface area contributed by atoms with Crippen LogP contribution in [0.3, 0.4) is 0 Å². The number of hydrogen-bond acceptors (Lipinski definition) is 4. The molecule has 5 nitrogen and oxygen atoms in total. The van der Waals surface area contributed by atoms with Gasteiger partial charge < -0.3 is 10.1 Å². The molecule has 0 saturated heterocycles. The molecule has 1 N–H and O–H groups in total. The number of carbonyl (C=O) groups excluding carboxylic acids is 3. The maximum atomic E-state index is 12.8. The Bertz CT molecular complexity index is 811. The van der Waals surface area contributed by atoms with Crippen LogP contribution in [0.2, 0.25) is 0 Å². The zero-order valence-electron chi connectivity index (χ0n) is 16.0. The highest BCUT2D eigenvalue weighted by Crippen LogP contribution is 2.16. The highest BCUT2D eigenvalue weighted by molar-refractivity contribution is 6.14. The fourth-order valence-electron chi connectivity index (χ4n) is 2.75. The Morgan fingerprint density at radius 3 is 2.26 bits per heavy atom. The van der Waals surface area contributed by atoms with Gasteiger partial charge in [-0.05, 0) is 26.3 Å². The molecule has 0 aromatic heterocycles. The summed E-state index contributed by atoms with van der Waals surface area (Å²) >= 11 is 0. The van der Waals surface area contributed by atoms with E-state index in [2.05, 4.69) is 5.32 Å². The Hall–Kier alpha value is -2.95. The van der Waals surface area contributed by atoms with E-state index in [4.69, 9.17) is 4.74 Å². The molecule has 2 aromatic carbocycles. The molecule has 2 rings (SSSR count). The van der Waals surface area contributed by atoms with Crippen molar-refractivity contribution in [3.8, 4) is 0 Å². The lowest BCUT2D eigenvalue weighted by atomic mass is 9.98. The maximum absolute atomic E-state index is 12.8. The Kier molecular flexibility index (Phi) is 7.29. The zero-order valence-corrected chi connectivity index (χ0v) is 16.0. The first-order valence-corrected chi connectivity index (χ1v) is 9.09. The van der Waals surface area contributed by atoms with Crippen LogP contribution in [0.25, 0.3) is 0 Å². The topological polar surface area (TPSA) is 72.5 Å². The average molecular weight is 367 g/mol. The predicted molar refractivity (Wildman–Crippen MR) is 104 cm³/mol. The number of benzene rings is 2. The summed E-state index contributed by atoms with van der Waals surface area (Å²) in [6, 6.07) is 13.6. The van der Waals surface area contributed by atoms with Crippen molar-refractivity contribution >= 4 is 17.7 Å². The zero-order chi connectivity index (χ0) is 19.8. The third-order valence-corrected chi connectivity index (χ3v) is 4.17. The van der Waals surface area contributed by atoms with Crippen molar-refractivity contribution in [2.24, 2.45) is 0 Å².